The predicted octanol–water partition coefficient (Wildman–Crippen LogP) is 5.25. The lowest BCUT2D eigenvalue weighted by molar-refractivity contribution is 0.0524. The molecule has 0 radical (unpaired) electrons. The van der Waals surface area contributed by atoms with Crippen LogP contribution in [0, 0.1) is 0 Å². The Bertz CT molecular complexity index is 1510. The van der Waals surface area contributed by atoms with Gasteiger partial charge >= 0.3 is 11.9 Å². The molecule has 1 amide bonds. The molecular weight excluding hydrogens is 494 g/mol. The second-order valence-electron chi connectivity index (χ2n) is 9.50. The SMILES string of the molecule is CCOC(=O)c1cc2c(c(C(=O)OCC)c1Cc1cccnc1)c(C(N)=O)c(C(C)C)n2Cc1ccccc1. The minimum Gasteiger partial charge on any atom is -0.462 e. The van der Waals surface area contributed by atoms with Crippen LogP contribution >= 0.6 is 0 Å². The maximum absolute atomic E-state index is 13.7. The molecule has 2 heterocycles. The number of pyridine rings is 1. The topological polar surface area (TPSA) is 114 Å². The quantitative estimate of drug-likeness (QED) is 0.282. The van der Waals surface area contributed by atoms with Crippen molar-refractivity contribution in [3.8, 4) is 0 Å². The standard InChI is InChI=1S/C31H33N3O5/c1-5-38-30(36)23-16-24-26(25(31(37)39-6-2)22(23)15-21-13-10-14-33-17-21)27(29(32)35)28(19(3)4)34(24)18-20-11-8-7-9-12-20/h7-14,16-17,19H,5-6,15,18H2,1-4H3,(H2,32,35). The van der Waals surface area contributed by atoms with Crippen LogP contribution in [0.3, 0.4) is 0 Å². The van der Waals surface area contributed by atoms with Gasteiger partial charge in [-0.15, -0.1) is 0 Å². The first-order valence-electron chi connectivity index (χ1n) is 13.1. The van der Waals surface area contributed by atoms with E-state index in [1.165, 1.54) is 0 Å². The van der Waals surface area contributed by atoms with Gasteiger partial charge in [-0.3, -0.25) is 9.78 Å². The van der Waals surface area contributed by atoms with Crippen molar-refractivity contribution in [2.75, 3.05) is 13.2 Å². The fourth-order valence-corrected chi connectivity index (χ4v) is 5.06. The molecule has 4 aromatic rings. The zero-order chi connectivity index (χ0) is 28.1. The summed E-state index contributed by atoms with van der Waals surface area (Å²) < 4.78 is 12.9. The Kier molecular flexibility index (Phi) is 8.44. The summed E-state index contributed by atoms with van der Waals surface area (Å²) in [6.07, 6.45) is 3.52. The van der Waals surface area contributed by atoms with Crippen molar-refractivity contribution in [1.29, 1.82) is 0 Å². The number of hydrogen-bond donors (Lipinski definition) is 1. The van der Waals surface area contributed by atoms with Crippen LogP contribution < -0.4 is 5.73 Å². The molecule has 39 heavy (non-hydrogen) atoms. The van der Waals surface area contributed by atoms with Crippen LogP contribution in [-0.2, 0) is 22.4 Å². The van der Waals surface area contributed by atoms with E-state index in [2.05, 4.69) is 4.98 Å². The molecule has 8 nitrogen and oxygen atoms in total. The molecule has 0 aliphatic carbocycles. The second-order valence-corrected chi connectivity index (χ2v) is 9.50. The van der Waals surface area contributed by atoms with E-state index >= 15 is 0 Å². The Morgan fingerprint density at radius 1 is 0.923 bits per heavy atom. The summed E-state index contributed by atoms with van der Waals surface area (Å²) in [7, 11) is 0. The first kappa shape index (κ1) is 27.6. The van der Waals surface area contributed by atoms with E-state index in [1.54, 1.807) is 38.4 Å². The molecule has 0 fully saturated rings. The zero-order valence-corrected chi connectivity index (χ0v) is 22.7. The molecule has 0 saturated carbocycles. The highest BCUT2D eigenvalue weighted by Gasteiger charge is 2.32. The number of benzene rings is 2. The lowest BCUT2D eigenvalue weighted by Gasteiger charge is -2.17. The number of amides is 1. The number of carbonyl (C=O) groups is 3. The molecule has 0 bridgehead atoms. The molecule has 4 rings (SSSR count). The van der Waals surface area contributed by atoms with Gasteiger partial charge in [-0.1, -0.05) is 50.2 Å². The van der Waals surface area contributed by atoms with Crippen molar-refractivity contribution in [3.63, 3.8) is 0 Å². The van der Waals surface area contributed by atoms with Gasteiger partial charge in [0.15, 0.2) is 0 Å². The second kappa shape index (κ2) is 11.9. The molecule has 202 valence electrons. The Morgan fingerprint density at radius 3 is 2.18 bits per heavy atom. The molecule has 2 aromatic heterocycles. The van der Waals surface area contributed by atoms with E-state index in [4.69, 9.17) is 15.2 Å². The molecule has 0 unspecified atom stereocenters. The maximum Gasteiger partial charge on any atom is 0.339 e. The number of rotatable bonds is 10. The fourth-order valence-electron chi connectivity index (χ4n) is 5.06. The van der Waals surface area contributed by atoms with Gasteiger partial charge in [0.25, 0.3) is 5.91 Å². The first-order chi connectivity index (χ1) is 18.8. The first-order valence-corrected chi connectivity index (χ1v) is 13.1. The monoisotopic (exact) mass is 527 g/mol. The molecule has 0 spiro atoms. The van der Waals surface area contributed by atoms with E-state index in [0.717, 1.165) is 11.1 Å². The van der Waals surface area contributed by atoms with Gasteiger partial charge in [-0.2, -0.15) is 0 Å². The average molecular weight is 528 g/mol. The lowest BCUT2D eigenvalue weighted by atomic mass is 9.90. The van der Waals surface area contributed by atoms with Crippen molar-refractivity contribution < 1.29 is 23.9 Å². The van der Waals surface area contributed by atoms with Crippen LogP contribution in [-0.4, -0.2) is 40.6 Å². The van der Waals surface area contributed by atoms with Gasteiger partial charge in [-0.05, 0) is 48.6 Å². The number of nitrogens with two attached hydrogens (primary N) is 1. The van der Waals surface area contributed by atoms with Crippen molar-refractivity contribution in [3.05, 3.63) is 100.0 Å². The maximum atomic E-state index is 13.7. The number of aromatic nitrogens is 2. The van der Waals surface area contributed by atoms with E-state index < -0.39 is 17.8 Å². The van der Waals surface area contributed by atoms with Crippen molar-refractivity contribution in [2.45, 2.75) is 46.6 Å². The number of carbonyl (C=O) groups excluding carboxylic acids is 3. The minimum absolute atomic E-state index is 0.115. The van der Waals surface area contributed by atoms with Crippen LogP contribution in [0.1, 0.15) is 87.1 Å². The number of ether oxygens (including phenoxy) is 2. The summed E-state index contributed by atoms with van der Waals surface area (Å²) in [6.45, 7) is 8.05. The summed E-state index contributed by atoms with van der Waals surface area (Å²) in [5.41, 5.74) is 10.0. The van der Waals surface area contributed by atoms with Gasteiger partial charge < -0.3 is 19.8 Å². The van der Waals surface area contributed by atoms with Gasteiger partial charge in [0.1, 0.15) is 0 Å². The van der Waals surface area contributed by atoms with E-state index in [1.807, 2.05) is 54.8 Å². The largest absolute Gasteiger partial charge is 0.462 e. The molecular formula is C31H33N3O5. The van der Waals surface area contributed by atoms with Crippen LogP contribution in [0.5, 0.6) is 0 Å². The summed E-state index contributed by atoms with van der Waals surface area (Å²) in [5, 5.41) is 0.382. The number of fused-ring (bicyclic) bond motifs is 1. The van der Waals surface area contributed by atoms with Crippen molar-refractivity contribution >= 4 is 28.7 Å². The molecule has 0 saturated heterocycles. The molecule has 0 aliphatic heterocycles. The van der Waals surface area contributed by atoms with E-state index in [9.17, 15) is 14.4 Å². The number of hydrogen-bond acceptors (Lipinski definition) is 6. The highest BCUT2D eigenvalue weighted by Crippen LogP contribution is 2.38. The number of primary amides is 1. The molecule has 0 aliphatic rings. The summed E-state index contributed by atoms with van der Waals surface area (Å²) >= 11 is 0. The third-order valence-electron chi connectivity index (χ3n) is 6.56. The Balaban J connectivity index is 2.18. The Labute approximate surface area is 227 Å². The molecule has 0 atom stereocenters. The van der Waals surface area contributed by atoms with Crippen LogP contribution in [0.15, 0.2) is 60.9 Å². The smallest absolute Gasteiger partial charge is 0.339 e. The van der Waals surface area contributed by atoms with Crippen LogP contribution in [0.25, 0.3) is 10.9 Å². The zero-order valence-electron chi connectivity index (χ0n) is 22.7. The summed E-state index contributed by atoms with van der Waals surface area (Å²) in [6, 6.07) is 15.1. The van der Waals surface area contributed by atoms with Gasteiger partial charge in [0.05, 0.1) is 35.4 Å². The lowest BCUT2D eigenvalue weighted by Crippen LogP contribution is -2.18. The third kappa shape index (κ3) is 5.55. The Morgan fingerprint density at radius 2 is 1.59 bits per heavy atom. The Hall–Kier alpha value is -4.46. The predicted molar refractivity (Wildman–Crippen MR) is 149 cm³/mol. The minimum atomic E-state index is -0.655. The number of esters is 2. The van der Waals surface area contributed by atoms with Gasteiger partial charge in [-0.25, -0.2) is 9.59 Å². The highest BCUT2D eigenvalue weighted by molar-refractivity contribution is 6.18. The average Bonchev–Trinajstić information content (AvgIpc) is 3.23. The van der Waals surface area contributed by atoms with E-state index in [-0.39, 0.29) is 42.2 Å². The fraction of sp³-hybridized carbons (Fsp3) is 0.290. The third-order valence-corrected chi connectivity index (χ3v) is 6.56. The van der Waals surface area contributed by atoms with Gasteiger partial charge in [0.2, 0.25) is 0 Å². The van der Waals surface area contributed by atoms with E-state index in [0.29, 0.717) is 28.7 Å². The van der Waals surface area contributed by atoms with Crippen LogP contribution in [0.4, 0.5) is 0 Å². The van der Waals surface area contributed by atoms with Crippen LogP contribution in [0.2, 0.25) is 0 Å². The normalized spacial score (nSPS) is 11.1. The highest BCUT2D eigenvalue weighted by atomic mass is 16.5. The van der Waals surface area contributed by atoms with Crippen molar-refractivity contribution in [1.82, 2.24) is 9.55 Å². The molecule has 8 heteroatoms. The van der Waals surface area contributed by atoms with Gasteiger partial charge in [0, 0.05) is 36.4 Å². The summed E-state index contributed by atoms with van der Waals surface area (Å²) in [4.78, 5) is 44.3. The number of nitrogens with zero attached hydrogens (tertiary/aromatic N) is 2. The molecule has 2 N–H and O–H groups in total. The van der Waals surface area contributed by atoms with Crippen molar-refractivity contribution in [2.24, 2.45) is 5.73 Å². The molecule has 2 aromatic carbocycles. The summed E-state index contributed by atoms with van der Waals surface area (Å²) in [5.74, 6) is -1.98.